The SMILES string of the molecule is Cc1nc2cc(C(C)(C)C)cc3c2oc2c(cc(C(C)(C)C)cc2nc(C)c2cccc(n2)c(C)nc2cc(C(C)(C)C)cc4c2oc2c(cc(C(C)(C)C)cc2nc(C)c2cccc1n2)C4(C)C)C3(C)C. The van der Waals surface area contributed by atoms with Crippen LogP contribution in [0.2, 0.25) is 0 Å². The molecule has 0 N–H and O–H groups in total. The minimum atomic E-state index is -0.474. The van der Waals surface area contributed by atoms with Crippen molar-refractivity contribution in [2.45, 2.75) is 171 Å². The van der Waals surface area contributed by atoms with Crippen molar-refractivity contribution < 1.29 is 8.83 Å². The summed E-state index contributed by atoms with van der Waals surface area (Å²) in [6.07, 6.45) is 0. The van der Waals surface area contributed by atoms with Crippen LogP contribution in [0.3, 0.4) is 0 Å². The van der Waals surface area contributed by atoms with Gasteiger partial charge in [0, 0.05) is 33.1 Å². The van der Waals surface area contributed by atoms with Crippen molar-refractivity contribution in [3.63, 3.8) is 0 Å². The highest BCUT2D eigenvalue weighted by Gasteiger charge is 2.37. The molecule has 372 valence electrons. The topological polar surface area (TPSA) is 104 Å². The quantitative estimate of drug-likeness (QED) is 0.148. The number of benzene rings is 4. The van der Waals surface area contributed by atoms with E-state index in [-0.39, 0.29) is 21.7 Å². The van der Waals surface area contributed by atoms with E-state index in [1.165, 1.54) is 22.3 Å². The molecule has 0 radical (unpaired) electrons. The fraction of sp³-hybridized carbons (Fsp3) is 0.406. The summed E-state index contributed by atoms with van der Waals surface area (Å²) in [5, 5.41) is 0. The molecule has 0 atom stereocenters. The van der Waals surface area contributed by atoms with Gasteiger partial charge in [0.15, 0.2) is 22.3 Å². The Kier molecular flexibility index (Phi) is 11.9. The molecule has 7 aromatic rings. The summed E-state index contributed by atoms with van der Waals surface area (Å²) in [5.41, 5.74) is 19.3. The highest BCUT2D eigenvalue weighted by atomic mass is 16.3. The molecule has 2 aliphatic rings. The van der Waals surface area contributed by atoms with Crippen LogP contribution >= 0.6 is 0 Å². The molecule has 0 unspecified atom stereocenters. The van der Waals surface area contributed by atoms with Crippen LogP contribution in [0.5, 0.6) is 0 Å². The monoisotopic (exact) mass is 959 g/mol. The van der Waals surface area contributed by atoms with Gasteiger partial charge < -0.3 is 8.83 Å². The van der Waals surface area contributed by atoms with Crippen molar-refractivity contribution in [3.8, 4) is 0 Å². The maximum atomic E-state index is 7.25. The lowest BCUT2D eigenvalue weighted by atomic mass is 9.72. The lowest BCUT2D eigenvalue weighted by molar-refractivity contribution is 0.542. The Morgan fingerprint density at radius 2 is 0.514 bits per heavy atom. The molecule has 0 fully saturated rings. The second kappa shape index (κ2) is 17.0. The Hall–Kier alpha value is -6.54. The second-order valence-corrected chi connectivity index (χ2v) is 25.5. The summed E-state index contributed by atoms with van der Waals surface area (Å²) in [5.74, 6) is 0. The third-order valence-electron chi connectivity index (χ3n) is 15.0. The van der Waals surface area contributed by atoms with E-state index in [4.69, 9.17) is 38.7 Å². The summed E-state index contributed by atoms with van der Waals surface area (Å²) >= 11 is 0. The van der Waals surface area contributed by atoms with E-state index in [1.807, 2.05) is 64.1 Å². The molecule has 9 rings (SSSR count). The van der Waals surface area contributed by atoms with Gasteiger partial charge in [0.2, 0.25) is 0 Å². The predicted octanol–water partition coefficient (Wildman–Crippen LogP) is 16.9. The molecule has 72 heavy (non-hydrogen) atoms. The molecule has 4 aromatic carbocycles. The fourth-order valence-corrected chi connectivity index (χ4v) is 9.93. The summed E-state index contributed by atoms with van der Waals surface area (Å²) in [7, 11) is 0. The highest BCUT2D eigenvalue weighted by Crippen LogP contribution is 2.47. The summed E-state index contributed by atoms with van der Waals surface area (Å²) in [4.78, 5) is 32.3. The van der Waals surface area contributed by atoms with E-state index in [9.17, 15) is 0 Å². The molecule has 3 aromatic heterocycles. The number of aromatic nitrogens is 6. The lowest BCUT2D eigenvalue weighted by Gasteiger charge is -2.33. The highest BCUT2D eigenvalue weighted by molar-refractivity contribution is 5.90. The molecule has 8 heteroatoms. The van der Waals surface area contributed by atoms with Crippen LogP contribution in [0.4, 0.5) is 0 Å². The third-order valence-corrected chi connectivity index (χ3v) is 15.0. The number of hydrogen-bond acceptors (Lipinski definition) is 8. The molecule has 0 spiro atoms. The molecule has 0 amide bonds. The zero-order valence-electron chi connectivity index (χ0n) is 46.6. The number of pyridine rings is 2. The Morgan fingerprint density at radius 1 is 0.306 bits per heavy atom. The van der Waals surface area contributed by atoms with Gasteiger partial charge in [0.1, 0.15) is 22.1 Å². The first-order valence-corrected chi connectivity index (χ1v) is 25.6. The smallest absolute Gasteiger partial charge is 0.157 e. The van der Waals surface area contributed by atoms with Crippen molar-refractivity contribution in [1.82, 2.24) is 29.9 Å². The van der Waals surface area contributed by atoms with Crippen molar-refractivity contribution in [3.05, 3.63) is 152 Å². The first-order valence-electron chi connectivity index (χ1n) is 25.6. The number of aryl methyl sites for hydroxylation is 4. The largest absolute Gasteiger partial charge is 0.452 e. The van der Waals surface area contributed by atoms with Crippen LogP contribution in [-0.2, 0) is 32.5 Å². The number of rotatable bonds is 0. The van der Waals surface area contributed by atoms with E-state index in [2.05, 4.69) is 159 Å². The van der Waals surface area contributed by atoms with Gasteiger partial charge in [-0.25, -0.2) is 29.9 Å². The van der Waals surface area contributed by atoms with Crippen LogP contribution in [-0.4, -0.2) is 29.9 Å². The molecule has 0 aliphatic carbocycles. The average molecular weight is 959 g/mol. The lowest BCUT2D eigenvalue weighted by Crippen LogP contribution is -2.25. The van der Waals surface area contributed by atoms with Gasteiger partial charge in [-0.1, -0.05) is 147 Å². The van der Waals surface area contributed by atoms with Crippen molar-refractivity contribution in [1.29, 1.82) is 0 Å². The van der Waals surface area contributed by atoms with E-state index in [0.717, 1.165) is 111 Å². The maximum absolute atomic E-state index is 7.25. The van der Waals surface area contributed by atoms with E-state index in [0.29, 0.717) is 0 Å². The second-order valence-electron chi connectivity index (χ2n) is 25.5. The molecule has 5 heterocycles. The zero-order valence-corrected chi connectivity index (χ0v) is 46.6. The maximum Gasteiger partial charge on any atom is 0.157 e. The standard InChI is InChI=1S/C64H74N6O2/c1-35-47-23-21-24-48(69-47)36(2)66-53-33-41(61(11,12)13)29-45-57(53)72-58-46(64(45,19)20)30-42(62(14,15)16)34-54(58)68-38(4)50-26-22-25-49(70-50)37(3)67-52-32-40(60(8,9)10)28-44-56(52)71-55-43(63(44,17)18)27-39(59(5,6)7)31-51(55)65-35/h21-34H,1-20H3. The average Bonchev–Trinajstić information content (AvgIpc) is 3.28. The van der Waals surface area contributed by atoms with Crippen molar-refractivity contribution in [2.24, 2.45) is 0 Å². The zero-order chi connectivity index (χ0) is 52.4. The Morgan fingerprint density at radius 3 is 0.708 bits per heavy atom. The fourth-order valence-electron chi connectivity index (χ4n) is 9.93. The summed E-state index contributed by atoms with van der Waals surface area (Å²) in [6, 6.07) is 30.2. The molecule has 8 nitrogen and oxygen atoms in total. The van der Waals surface area contributed by atoms with Crippen LogP contribution in [0, 0.1) is 27.7 Å². The van der Waals surface area contributed by atoms with Gasteiger partial charge in [-0.3, -0.25) is 0 Å². The third kappa shape index (κ3) is 9.04. The number of nitrogens with zero attached hydrogens (tertiary/aromatic N) is 6. The number of fused-ring (bicyclic) bond motifs is 4. The Balaban J connectivity index is 1.54. The van der Waals surface area contributed by atoms with E-state index in [1.54, 1.807) is 0 Å². The van der Waals surface area contributed by atoms with Gasteiger partial charge in [0.25, 0.3) is 0 Å². The molecule has 0 saturated carbocycles. The predicted molar refractivity (Wildman–Crippen MR) is 300 cm³/mol. The van der Waals surface area contributed by atoms with Crippen LogP contribution in [0.15, 0.2) is 93.8 Å². The minimum absolute atomic E-state index is 0.165. The van der Waals surface area contributed by atoms with Gasteiger partial charge in [0.05, 0.1) is 44.8 Å². The van der Waals surface area contributed by atoms with Crippen molar-refractivity contribution >= 4 is 66.5 Å². The van der Waals surface area contributed by atoms with Crippen LogP contribution in [0.25, 0.3) is 66.5 Å². The summed E-state index contributed by atoms with van der Waals surface area (Å²) < 4.78 is 14.5. The molecular formula is C64H74N6O2. The molecular weight excluding hydrogens is 885 g/mol. The first-order chi connectivity index (χ1) is 33.3. The summed E-state index contributed by atoms with van der Waals surface area (Å²) in [6.45, 7) is 44.3. The molecule has 0 saturated heterocycles. The number of hydrogen-bond donors (Lipinski definition) is 0. The Bertz CT molecular complexity index is 3300. The van der Waals surface area contributed by atoms with E-state index < -0.39 is 10.8 Å². The van der Waals surface area contributed by atoms with Gasteiger partial charge in [-0.05, 0) is 120 Å². The van der Waals surface area contributed by atoms with Crippen molar-refractivity contribution in [2.75, 3.05) is 0 Å². The Labute approximate surface area is 426 Å². The van der Waals surface area contributed by atoms with Gasteiger partial charge in [-0.2, -0.15) is 0 Å². The van der Waals surface area contributed by atoms with Gasteiger partial charge in [-0.15, -0.1) is 0 Å². The molecule has 2 aliphatic heterocycles. The molecule has 8 bridgehead atoms. The van der Waals surface area contributed by atoms with Gasteiger partial charge >= 0.3 is 0 Å². The first kappa shape index (κ1) is 50.4. The van der Waals surface area contributed by atoms with E-state index >= 15 is 0 Å². The van der Waals surface area contributed by atoms with Crippen LogP contribution < -0.4 is 0 Å². The van der Waals surface area contributed by atoms with Crippen LogP contribution in [0.1, 0.15) is 178 Å². The normalized spacial score (nSPS) is 14.6. The minimum Gasteiger partial charge on any atom is -0.452 e.